The van der Waals surface area contributed by atoms with Crippen molar-refractivity contribution in [2.24, 2.45) is 5.92 Å². The van der Waals surface area contributed by atoms with Crippen LogP contribution in [0, 0.1) is 5.92 Å². The minimum Gasteiger partial charge on any atom is -0.347 e. The van der Waals surface area contributed by atoms with Crippen LogP contribution < -0.4 is 5.32 Å². The van der Waals surface area contributed by atoms with Gasteiger partial charge in [0, 0.05) is 18.9 Å². The number of rotatable bonds is 4. The van der Waals surface area contributed by atoms with Crippen LogP contribution in [0.15, 0.2) is 0 Å². The van der Waals surface area contributed by atoms with Gasteiger partial charge in [0.25, 0.3) is 5.24 Å². The Balaban J connectivity index is 3.39. The van der Waals surface area contributed by atoms with Crippen molar-refractivity contribution < 1.29 is 9.59 Å². The average Bonchev–Trinajstić information content (AvgIpc) is 1.86. The van der Waals surface area contributed by atoms with E-state index in [-0.39, 0.29) is 16.9 Å². The van der Waals surface area contributed by atoms with E-state index in [1.807, 2.05) is 13.8 Å². The molecule has 0 aromatic rings. The van der Waals surface area contributed by atoms with Gasteiger partial charge in [-0.3, -0.25) is 9.59 Å². The summed E-state index contributed by atoms with van der Waals surface area (Å²) in [6.45, 7) is 4.06. The number of carbonyl (C=O) groups excluding carboxylic acids is 2. The van der Waals surface area contributed by atoms with E-state index < -0.39 is 0 Å². The highest BCUT2D eigenvalue weighted by molar-refractivity contribution is 7.96. The molecule has 11 heavy (non-hydrogen) atoms. The zero-order valence-electron chi connectivity index (χ0n) is 6.76. The van der Waals surface area contributed by atoms with E-state index in [1.165, 1.54) is 0 Å². The summed E-state index contributed by atoms with van der Waals surface area (Å²) in [4.78, 5) is 21.2. The van der Waals surface area contributed by atoms with Gasteiger partial charge in [-0.25, -0.2) is 0 Å². The van der Waals surface area contributed by atoms with E-state index in [0.717, 1.165) is 0 Å². The molecule has 3 nitrogen and oxygen atoms in total. The number of hydrogen-bond donors (Lipinski definition) is 2. The van der Waals surface area contributed by atoms with Crippen LogP contribution in [0.3, 0.4) is 0 Å². The molecule has 0 fully saturated rings. The van der Waals surface area contributed by atoms with Gasteiger partial charge < -0.3 is 5.32 Å². The van der Waals surface area contributed by atoms with Crippen LogP contribution in [0.4, 0.5) is 4.79 Å². The lowest BCUT2D eigenvalue weighted by Gasteiger charge is -2.03. The molecule has 1 amide bonds. The fourth-order valence-corrected chi connectivity index (χ4v) is 0.693. The zero-order valence-corrected chi connectivity index (χ0v) is 7.65. The van der Waals surface area contributed by atoms with Crippen LogP contribution in [-0.2, 0) is 4.79 Å². The molecule has 0 radical (unpaired) electrons. The smallest absolute Gasteiger partial charge is 0.275 e. The molecule has 0 saturated carbocycles. The summed E-state index contributed by atoms with van der Waals surface area (Å²) in [5.41, 5.74) is 0. The maximum absolute atomic E-state index is 10.9. The van der Waals surface area contributed by atoms with E-state index >= 15 is 0 Å². The summed E-state index contributed by atoms with van der Waals surface area (Å²) in [6.07, 6.45) is 0.393. The number of carbonyl (C=O) groups is 2. The molecule has 0 aliphatic carbocycles. The average molecular weight is 175 g/mol. The van der Waals surface area contributed by atoms with Crippen LogP contribution in [0.5, 0.6) is 0 Å². The minimum absolute atomic E-state index is 0.0480. The zero-order chi connectivity index (χ0) is 8.85. The molecule has 0 rings (SSSR count). The molecule has 64 valence electrons. The van der Waals surface area contributed by atoms with E-state index in [0.29, 0.717) is 13.0 Å². The fraction of sp³-hybridized carbons (Fsp3) is 0.714. The Labute approximate surface area is 72.0 Å². The van der Waals surface area contributed by atoms with Crippen molar-refractivity contribution >= 4 is 23.7 Å². The summed E-state index contributed by atoms with van der Waals surface area (Å²) < 4.78 is 0. The maximum atomic E-state index is 10.9. The van der Waals surface area contributed by atoms with Crippen molar-refractivity contribution in [1.82, 2.24) is 5.32 Å². The van der Waals surface area contributed by atoms with Crippen molar-refractivity contribution in [2.45, 2.75) is 20.3 Å². The van der Waals surface area contributed by atoms with Crippen molar-refractivity contribution in [2.75, 3.05) is 6.54 Å². The monoisotopic (exact) mass is 175 g/mol. The number of nitrogens with one attached hydrogen (secondary N) is 1. The molecule has 0 aromatic carbocycles. The Morgan fingerprint density at radius 3 is 2.36 bits per heavy atom. The summed E-state index contributed by atoms with van der Waals surface area (Å²) in [5, 5.41) is 2.05. The Morgan fingerprint density at radius 1 is 1.45 bits per heavy atom. The maximum Gasteiger partial charge on any atom is 0.275 e. The quantitative estimate of drug-likeness (QED) is 0.631. The van der Waals surface area contributed by atoms with Crippen molar-refractivity contribution in [1.29, 1.82) is 0 Å². The summed E-state index contributed by atoms with van der Waals surface area (Å²) in [6, 6.07) is 0. The van der Waals surface area contributed by atoms with Crippen LogP contribution in [0.25, 0.3) is 0 Å². The first kappa shape index (κ1) is 10.5. The molecule has 0 unspecified atom stereocenters. The lowest BCUT2D eigenvalue weighted by molar-refractivity contribution is -0.121. The second kappa shape index (κ2) is 5.18. The van der Waals surface area contributed by atoms with Crippen LogP contribution in [0.1, 0.15) is 20.3 Å². The summed E-state index contributed by atoms with van der Waals surface area (Å²) >= 11 is 3.49. The molecule has 0 saturated heterocycles. The molecule has 0 atom stereocenters. The van der Waals surface area contributed by atoms with Gasteiger partial charge in [-0.05, 0) is 0 Å². The molecule has 0 aliphatic heterocycles. The highest BCUT2D eigenvalue weighted by Crippen LogP contribution is 1.97. The molecule has 0 aromatic heterocycles. The predicted octanol–water partition coefficient (Wildman–Crippen LogP) is 1.24. The first-order chi connectivity index (χ1) is 5.04. The summed E-state index contributed by atoms with van der Waals surface area (Å²) in [7, 11) is 0. The Bertz CT molecular complexity index is 157. The third-order valence-electron chi connectivity index (χ3n) is 1.29. The predicted molar refractivity (Wildman–Crippen MR) is 46.8 cm³/mol. The second-order valence-corrected chi connectivity index (χ2v) is 3.01. The van der Waals surface area contributed by atoms with E-state index in [9.17, 15) is 9.59 Å². The molecular weight excluding hydrogens is 162 g/mol. The molecule has 0 aliphatic rings. The van der Waals surface area contributed by atoms with Gasteiger partial charge in [0.2, 0.25) is 0 Å². The first-order valence-electron chi connectivity index (χ1n) is 3.53. The highest BCUT2D eigenvalue weighted by atomic mass is 32.1. The molecule has 4 heteroatoms. The van der Waals surface area contributed by atoms with E-state index in [1.54, 1.807) is 0 Å². The molecular formula is C7H13NO2S. The summed E-state index contributed by atoms with van der Waals surface area (Å²) in [5.74, 6) is 0.207. The Kier molecular flexibility index (Phi) is 4.94. The van der Waals surface area contributed by atoms with Gasteiger partial charge in [0.05, 0.1) is 0 Å². The molecule has 0 spiro atoms. The van der Waals surface area contributed by atoms with Crippen molar-refractivity contribution in [3.05, 3.63) is 0 Å². The number of thiol groups is 1. The number of amides is 1. The standard InChI is InChI=1S/C7H13NO2S/c1-5(2)6(9)3-4-8-7(10)11/h5H,3-4H2,1-2H3,(H2,8,10,11). The lowest BCUT2D eigenvalue weighted by Crippen LogP contribution is -2.22. The topological polar surface area (TPSA) is 46.2 Å². The van der Waals surface area contributed by atoms with Gasteiger partial charge in [-0.15, -0.1) is 0 Å². The molecule has 1 N–H and O–H groups in total. The van der Waals surface area contributed by atoms with Crippen molar-refractivity contribution in [3.8, 4) is 0 Å². The van der Waals surface area contributed by atoms with E-state index in [4.69, 9.17) is 0 Å². The number of hydrogen-bond acceptors (Lipinski definition) is 2. The van der Waals surface area contributed by atoms with Gasteiger partial charge >= 0.3 is 0 Å². The van der Waals surface area contributed by atoms with Gasteiger partial charge in [-0.2, -0.15) is 0 Å². The Morgan fingerprint density at radius 2 is 2.00 bits per heavy atom. The second-order valence-electron chi connectivity index (χ2n) is 2.60. The van der Waals surface area contributed by atoms with Gasteiger partial charge in [-0.1, -0.05) is 26.5 Å². The van der Waals surface area contributed by atoms with Crippen LogP contribution >= 0.6 is 12.6 Å². The third-order valence-corrected chi connectivity index (χ3v) is 1.45. The minimum atomic E-state index is -0.387. The van der Waals surface area contributed by atoms with Gasteiger partial charge in [0.15, 0.2) is 0 Å². The lowest BCUT2D eigenvalue weighted by atomic mass is 10.1. The van der Waals surface area contributed by atoms with Crippen LogP contribution in [-0.4, -0.2) is 17.6 Å². The molecule has 0 heterocycles. The normalized spacial score (nSPS) is 9.82. The number of ketones is 1. The van der Waals surface area contributed by atoms with Gasteiger partial charge in [0.1, 0.15) is 5.78 Å². The Hall–Kier alpha value is -0.510. The molecule has 0 bridgehead atoms. The highest BCUT2D eigenvalue weighted by Gasteiger charge is 2.05. The third kappa shape index (κ3) is 5.91. The van der Waals surface area contributed by atoms with E-state index in [2.05, 4.69) is 17.9 Å². The SMILES string of the molecule is CC(C)C(=O)CCNC(=O)S. The van der Waals surface area contributed by atoms with Crippen LogP contribution in [0.2, 0.25) is 0 Å². The number of Topliss-reactive ketones (excluding diaryl/α,β-unsaturated/α-hetero) is 1. The largest absolute Gasteiger partial charge is 0.347 e. The first-order valence-corrected chi connectivity index (χ1v) is 3.98. The fourth-order valence-electron chi connectivity index (χ4n) is 0.581. The van der Waals surface area contributed by atoms with Crippen molar-refractivity contribution in [3.63, 3.8) is 0 Å².